The van der Waals surface area contributed by atoms with Crippen LogP contribution in [0.3, 0.4) is 0 Å². The smallest absolute Gasteiger partial charge is 0.143 e. The molecule has 1 fully saturated rings. The summed E-state index contributed by atoms with van der Waals surface area (Å²) in [5.74, 6) is 1.68. The van der Waals surface area contributed by atoms with Crippen LogP contribution < -0.4 is 14.4 Å². The van der Waals surface area contributed by atoms with Gasteiger partial charge in [0, 0.05) is 30.9 Å². The van der Waals surface area contributed by atoms with Crippen molar-refractivity contribution in [2.45, 2.75) is 12.8 Å². The van der Waals surface area contributed by atoms with Crippen LogP contribution in [0.25, 0.3) is 0 Å². The number of phenols is 1. The van der Waals surface area contributed by atoms with Gasteiger partial charge in [-0.25, -0.2) is 0 Å². The fourth-order valence-corrected chi connectivity index (χ4v) is 2.92. The lowest BCUT2D eigenvalue weighted by molar-refractivity contribution is 0.402. The Morgan fingerprint density at radius 2 is 1.75 bits per heavy atom. The average molecular weight is 326 g/mol. The number of anilines is 1. The van der Waals surface area contributed by atoms with Crippen LogP contribution in [-0.4, -0.2) is 38.6 Å². The van der Waals surface area contributed by atoms with Gasteiger partial charge in [-0.3, -0.25) is 4.99 Å². The number of hydrogen-bond acceptors (Lipinski definition) is 5. The molecule has 2 aromatic rings. The van der Waals surface area contributed by atoms with Gasteiger partial charge in [-0.1, -0.05) is 12.1 Å². The summed E-state index contributed by atoms with van der Waals surface area (Å²) in [7, 11) is 3.32. The minimum atomic E-state index is 0.147. The number of hydrogen-bond donors (Lipinski definition) is 1. The second kappa shape index (κ2) is 7.25. The zero-order valence-electron chi connectivity index (χ0n) is 14.0. The molecule has 0 saturated carbocycles. The van der Waals surface area contributed by atoms with E-state index < -0.39 is 0 Å². The van der Waals surface area contributed by atoms with Gasteiger partial charge in [0.05, 0.1) is 19.9 Å². The Hall–Kier alpha value is -2.69. The molecule has 0 amide bonds. The third kappa shape index (κ3) is 3.30. The summed E-state index contributed by atoms with van der Waals surface area (Å²) in [6, 6.07) is 10.9. The van der Waals surface area contributed by atoms with E-state index in [4.69, 9.17) is 9.47 Å². The number of benzene rings is 2. The molecule has 1 saturated heterocycles. The average Bonchev–Trinajstić information content (AvgIpc) is 3.14. The molecule has 1 N–H and O–H groups in total. The first-order chi connectivity index (χ1) is 11.7. The topological polar surface area (TPSA) is 54.3 Å². The third-order valence-electron chi connectivity index (χ3n) is 4.20. The minimum absolute atomic E-state index is 0.147. The number of phenolic OH excluding ortho intramolecular Hbond substituents is 1. The van der Waals surface area contributed by atoms with E-state index >= 15 is 0 Å². The van der Waals surface area contributed by atoms with Crippen LogP contribution in [0, 0.1) is 0 Å². The van der Waals surface area contributed by atoms with Crippen molar-refractivity contribution in [1.82, 2.24) is 0 Å². The van der Waals surface area contributed by atoms with E-state index in [1.807, 2.05) is 18.2 Å². The Bertz CT molecular complexity index is 737. The first kappa shape index (κ1) is 16.2. The van der Waals surface area contributed by atoms with Crippen LogP contribution in [-0.2, 0) is 0 Å². The molecule has 1 aliphatic rings. The monoisotopic (exact) mass is 326 g/mol. The molecule has 1 heterocycles. The van der Waals surface area contributed by atoms with Crippen LogP contribution in [0.4, 0.5) is 11.4 Å². The standard InChI is InChI=1S/C19H22N2O3/c1-23-18-12-16(21-9-5-6-10-21)19(24-2)11-14(18)13-20-15-7-3-4-8-17(15)22/h3-4,7-8,11-13,22H,5-6,9-10H2,1-2H3. The Labute approximate surface area is 142 Å². The number of aromatic hydroxyl groups is 1. The maximum atomic E-state index is 9.83. The van der Waals surface area contributed by atoms with Gasteiger partial charge < -0.3 is 19.5 Å². The van der Waals surface area contributed by atoms with Gasteiger partial charge in [0.25, 0.3) is 0 Å². The third-order valence-corrected chi connectivity index (χ3v) is 4.20. The van der Waals surface area contributed by atoms with Gasteiger partial charge in [-0.15, -0.1) is 0 Å². The molecule has 2 aromatic carbocycles. The van der Waals surface area contributed by atoms with Crippen molar-refractivity contribution in [3.8, 4) is 17.2 Å². The Balaban J connectivity index is 1.96. The largest absolute Gasteiger partial charge is 0.506 e. The van der Waals surface area contributed by atoms with Crippen molar-refractivity contribution in [3.05, 3.63) is 42.0 Å². The number of para-hydroxylation sites is 2. The summed E-state index contributed by atoms with van der Waals surface area (Å²) < 4.78 is 11.1. The summed E-state index contributed by atoms with van der Waals surface area (Å²) in [6.07, 6.45) is 4.08. The Kier molecular flexibility index (Phi) is 4.89. The normalized spacial score (nSPS) is 14.3. The lowest BCUT2D eigenvalue weighted by Crippen LogP contribution is -2.18. The van der Waals surface area contributed by atoms with Crippen molar-refractivity contribution in [3.63, 3.8) is 0 Å². The highest BCUT2D eigenvalue weighted by molar-refractivity contribution is 5.88. The molecule has 0 bridgehead atoms. The molecule has 0 spiro atoms. The summed E-state index contributed by atoms with van der Waals surface area (Å²) in [5, 5.41) is 9.83. The van der Waals surface area contributed by atoms with Crippen LogP contribution in [0.2, 0.25) is 0 Å². The van der Waals surface area contributed by atoms with E-state index in [1.54, 1.807) is 38.6 Å². The number of ether oxygens (including phenoxy) is 2. The van der Waals surface area contributed by atoms with Gasteiger partial charge >= 0.3 is 0 Å². The summed E-state index contributed by atoms with van der Waals surface area (Å²) in [6.45, 7) is 2.07. The lowest BCUT2D eigenvalue weighted by Gasteiger charge is -2.22. The second-order valence-electron chi connectivity index (χ2n) is 5.71. The Morgan fingerprint density at radius 3 is 2.42 bits per heavy atom. The quantitative estimate of drug-likeness (QED) is 0.850. The van der Waals surface area contributed by atoms with Crippen LogP contribution in [0.5, 0.6) is 17.2 Å². The molecule has 5 heteroatoms. The van der Waals surface area contributed by atoms with Crippen molar-refractivity contribution in [2.24, 2.45) is 4.99 Å². The minimum Gasteiger partial charge on any atom is -0.506 e. The molecule has 0 radical (unpaired) electrons. The fourth-order valence-electron chi connectivity index (χ4n) is 2.92. The maximum Gasteiger partial charge on any atom is 0.143 e. The van der Waals surface area contributed by atoms with Crippen molar-refractivity contribution in [1.29, 1.82) is 0 Å². The molecule has 126 valence electrons. The highest BCUT2D eigenvalue weighted by Gasteiger charge is 2.19. The SMILES string of the molecule is COc1cc(N2CCCC2)c(OC)cc1C=Nc1ccccc1O. The highest BCUT2D eigenvalue weighted by atomic mass is 16.5. The van der Waals surface area contributed by atoms with Gasteiger partial charge in [0.2, 0.25) is 0 Å². The van der Waals surface area contributed by atoms with E-state index in [0.29, 0.717) is 5.69 Å². The molecule has 0 aromatic heterocycles. The summed E-state index contributed by atoms with van der Waals surface area (Å²) >= 11 is 0. The zero-order valence-corrected chi connectivity index (χ0v) is 14.0. The van der Waals surface area contributed by atoms with Gasteiger partial charge in [-0.05, 0) is 31.0 Å². The molecular formula is C19H22N2O3. The molecule has 24 heavy (non-hydrogen) atoms. The zero-order chi connectivity index (χ0) is 16.9. The Morgan fingerprint density at radius 1 is 1.04 bits per heavy atom. The number of rotatable bonds is 5. The summed E-state index contributed by atoms with van der Waals surface area (Å²) in [4.78, 5) is 6.67. The van der Waals surface area contributed by atoms with Crippen molar-refractivity contribution < 1.29 is 14.6 Å². The predicted molar refractivity (Wildman–Crippen MR) is 96.4 cm³/mol. The maximum absolute atomic E-state index is 9.83. The van der Waals surface area contributed by atoms with Gasteiger partial charge in [-0.2, -0.15) is 0 Å². The fraction of sp³-hybridized carbons (Fsp3) is 0.316. The van der Waals surface area contributed by atoms with Crippen molar-refractivity contribution >= 4 is 17.6 Å². The molecule has 0 unspecified atom stereocenters. The molecule has 1 aliphatic heterocycles. The predicted octanol–water partition coefficient (Wildman–Crippen LogP) is 3.76. The number of methoxy groups -OCH3 is 2. The highest BCUT2D eigenvalue weighted by Crippen LogP contribution is 2.37. The lowest BCUT2D eigenvalue weighted by atomic mass is 10.1. The molecule has 0 atom stereocenters. The van der Waals surface area contributed by atoms with E-state index in [9.17, 15) is 5.11 Å². The van der Waals surface area contributed by atoms with Crippen LogP contribution >= 0.6 is 0 Å². The van der Waals surface area contributed by atoms with E-state index in [2.05, 4.69) is 9.89 Å². The van der Waals surface area contributed by atoms with E-state index in [1.165, 1.54) is 12.8 Å². The van der Waals surface area contributed by atoms with Gasteiger partial charge in [0.15, 0.2) is 0 Å². The van der Waals surface area contributed by atoms with Crippen molar-refractivity contribution in [2.75, 3.05) is 32.2 Å². The van der Waals surface area contributed by atoms with Crippen LogP contribution in [0.15, 0.2) is 41.4 Å². The van der Waals surface area contributed by atoms with E-state index in [-0.39, 0.29) is 5.75 Å². The second-order valence-corrected chi connectivity index (χ2v) is 5.71. The molecule has 0 aliphatic carbocycles. The first-order valence-electron chi connectivity index (χ1n) is 8.06. The summed E-state index contributed by atoms with van der Waals surface area (Å²) in [5.41, 5.74) is 2.37. The number of nitrogens with zero attached hydrogens (tertiary/aromatic N) is 2. The molecule has 3 rings (SSSR count). The molecular weight excluding hydrogens is 304 g/mol. The van der Waals surface area contributed by atoms with E-state index in [0.717, 1.165) is 35.8 Å². The first-order valence-corrected chi connectivity index (χ1v) is 8.06. The van der Waals surface area contributed by atoms with Gasteiger partial charge in [0.1, 0.15) is 22.9 Å². The van der Waals surface area contributed by atoms with Crippen LogP contribution in [0.1, 0.15) is 18.4 Å². The number of aliphatic imine (C=N–C) groups is 1. The molecule has 5 nitrogen and oxygen atoms in total.